The number of nitrogens with one attached hydrogen (secondary N) is 5. The van der Waals surface area contributed by atoms with Crippen molar-refractivity contribution in [3.63, 3.8) is 0 Å². The highest BCUT2D eigenvalue weighted by Gasteiger charge is 2.39. The fraction of sp³-hybridized carbons (Fsp3) is 0.488. The second-order valence-electron chi connectivity index (χ2n) is 16.1. The Labute approximate surface area is 338 Å². The van der Waals surface area contributed by atoms with Crippen LogP contribution >= 0.6 is 0 Å². The summed E-state index contributed by atoms with van der Waals surface area (Å²) in [4.78, 5) is 69.5. The van der Waals surface area contributed by atoms with E-state index in [1.54, 1.807) is 0 Å². The topological polar surface area (TPSA) is 193 Å². The minimum absolute atomic E-state index is 0.0285. The van der Waals surface area contributed by atoms with Gasteiger partial charge in [-0.25, -0.2) is 19.6 Å². The van der Waals surface area contributed by atoms with Crippen molar-refractivity contribution in [2.24, 2.45) is 11.8 Å². The second kappa shape index (κ2) is 17.3. The van der Waals surface area contributed by atoms with Crippen molar-refractivity contribution in [1.82, 2.24) is 40.8 Å². The molecular weight excluding hydrogens is 741 g/mol. The summed E-state index contributed by atoms with van der Waals surface area (Å²) < 4.78 is 15.8. The number of alkyl carbamates (subject to hydrolysis) is 2. The lowest BCUT2D eigenvalue weighted by Gasteiger charge is -2.30. The molecule has 2 aromatic carbocycles. The molecule has 58 heavy (non-hydrogen) atoms. The van der Waals surface area contributed by atoms with Gasteiger partial charge in [0.05, 0.1) is 44.5 Å². The average molecular weight is 795 g/mol. The molecule has 1 saturated heterocycles. The first kappa shape index (κ1) is 40.3. The predicted molar refractivity (Wildman–Crippen MR) is 217 cm³/mol. The number of hydrogen-bond donors (Lipinski definition) is 5. The summed E-state index contributed by atoms with van der Waals surface area (Å²) in [6, 6.07) is 12.7. The Kier molecular flexibility index (Phi) is 12.1. The number of amides is 4. The van der Waals surface area contributed by atoms with Crippen molar-refractivity contribution in [3.8, 4) is 39.4 Å². The van der Waals surface area contributed by atoms with Crippen molar-refractivity contribution in [2.45, 2.75) is 96.3 Å². The zero-order valence-electron chi connectivity index (χ0n) is 34.0. The maximum absolute atomic E-state index is 13.7. The van der Waals surface area contributed by atoms with Crippen LogP contribution in [0.25, 0.3) is 33.6 Å². The summed E-state index contributed by atoms with van der Waals surface area (Å²) in [5, 5.41) is 8.53. The Hall–Kier alpha value is -5.86. The first-order valence-corrected chi connectivity index (χ1v) is 20.3. The number of rotatable bonds is 11. The van der Waals surface area contributed by atoms with Gasteiger partial charge in [0, 0.05) is 36.2 Å². The smallest absolute Gasteiger partial charge is 0.407 e. The highest BCUT2D eigenvalue weighted by Crippen LogP contribution is 2.40. The van der Waals surface area contributed by atoms with Crippen LogP contribution in [0.2, 0.25) is 0 Å². The van der Waals surface area contributed by atoms with Crippen molar-refractivity contribution in [1.29, 1.82) is 0 Å². The van der Waals surface area contributed by atoms with Crippen molar-refractivity contribution in [2.75, 3.05) is 27.4 Å². The standard InChI is InChI=1S/C43H54N8O7/c1-23(2)35(49-42(54)56-5)40(52)47-30-10-7-9-28(30)38-44-22-32(46-38)26-14-12-25(13-15-26)27-16-17-29-34(21-27)58-20-18-31-37(29)48-39(45-31)33-11-8-19-51(33)41(53)36(24(3)4)50-43(55)57-6/h12-17,21-24,28,30,33,35-36H,7-11,18-20H2,1-6H3,(H,44,46)(H,45,48)(H,47,52)(H,49,54)(H,50,55)/t28-,30+,33-,35-,36-/m0/s1. The van der Waals surface area contributed by atoms with Gasteiger partial charge in [0.15, 0.2) is 0 Å². The molecule has 4 aromatic rings. The molecule has 1 aliphatic carbocycles. The van der Waals surface area contributed by atoms with Crippen LogP contribution in [0.1, 0.15) is 89.1 Å². The molecule has 0 spiro atoms. The molecule has 0 unspecified atom stereocenters. The van der Waals surface area contributed by atoms with E-state index in [1.165, 1.54) is 14.2 Å². The Bertz CT molecular complexity index is 2130. The molecule has 0 bridgehead atoms. The summed E-state index contributed by atoms with van der Waals surface area (Å²) in [5.41, 5.74) is 6.60. The molecule has 2 aliphatic heterocycles. The molecule has 5 atom stereocenters. The molecule has 15 nitrogen and oxygen atoms in total. The minimum Gasteiger partial charge on any atom is -0.492 e. The van der Waals surface area contributed by atoms with Crippen molar-refractivity contribution in [3.05, 3.63) is 66.0 Å². The maximum Gasteiger partial charge on any atom is 0.407 e. The van der Waals surface area contributed by atoms with Crippen LogP contribution in [0.3, 0.4) is 0 Å². The molecule has 3 aliphatic rings. The third-order valence-electron chi connectivity index (χ3n) is 11.6. The number of aromatic nitrogens is 4. The molecule has 15 heteroatoms. The van der Waals surface area contributed by atoms with Gasteiger partial charge in [-0.05, 0) is 66.3 Å². The molecule has 0 radical (unpaired) electrons. The van der Waals surface area contributed by atoms with Gasteiger partial charge in [-0.15, -0.1) is 0 Å². The van der Waals surface area contributed by atoms with E-state index >= 15 is 0 Å². The van der Waals surface area contributed by atoms with E-state index in [-0.39, 0.29) is 41.7 Å². The van der Waals surface area contributed by atoms with Crippen LogP contribution in [0.15, 0.2) is 48.7 Å². The lowest BCUT2D eigenvalue weighted by atomic mass is 9.99. The van der Waals surface area contributed by atoms with Crippen LogP contribution in [-0.4, -0.2) is 94.3 Å². The monoisotopic (exact) mass is 794 g/mol. The predicted octanol–water partition coefficient (Wildman–Crippen LogP) is 6.25. The Balaban J connectivity index is 1.04. The number of likely N-dealkylation sites (tertiary alicyclic amines) is 1. The van der Waals surface area contributed by atoms with E-state index in [2.05, 4.69) is 62.3 Å². The normalized spacial score (nSPS) is 19.7. The Morgan fingerprint density at radius 3 is 2.22 bits per heavy atom. The molecular formula is C43H54N8O7. The lowest BCUT2D eigenvalue weighted by molar-refractivity contribution is -0.135. The van der Waals surface area contributed by atoms with Crippen LogP contribution in [0.4, 0.5) is 9.59 Å². The summed E-state index contributed by atoms with van der Waals surface area (Å²) >= 11 is 0. The van der Waals surface area contributed by atoms with Crippen molar-refractivity contribution < 1.29 is 33.4 Å². The molecule has 5 N–H and O–H groups in total. The average Bonchev–Trinajstić information content (AvgIpc) is 4.05. The van der Waals surface area contributed by atoms with Gasteiger partial charge in [0.1, 0.15) is 29.5 Å². The van der Waals surface area contributed by atoms with Crippen LogP contribution in [0.5, 0.6) is 5.75 Å². The van der Waals surface area contributed by atoms with Gasteiger partial charge >= 0.3 is 12.2 Å². The number of hydrogen-bond acceptors (Lipinski definition) is 9. The fourth-order valence-electron chi connectivity index (χ4n) is 8.43. The zero-order valence-corrected chi connectivity index (χ0v) is 34.0. The van der Waals surface area contributed by atoms with E-state index < -0.39 is 24.3 Å². The number of carbonyl (C=O) groups is 4. The number of nitrogens with zero attached hydrogens (tertiary/aromatic N) is 3. The quantitative estimate of drug-likeness (QED) is 0.117. The number of ether oxygens (including phenoxy) is 3. The number of benzene rings is 2. The SMILES string of the molecule is COC(=O)N[C@H](C(=O)N[C@@H]1CCC[C@@H]1c1ncc(-c2ccc(-c3ccc4c(c3)OCCc3[nH]c([C@@H]5CCCN5C(=O)[C@@H](NC(=O)OC)C(C)C)nc3-4)cc2)[nH]1)C(C)C. The fourth-order valence-corrected chi connectivity index (χ4v) is 8.43. The third kappa shape index (κ3) is 8.39. The molecule has 308 valence electrons. The van der Waals surface area contributed by atoms with Crippen LogP contribution in [0, 0.1) is 11.8 Å². The van der Waals surface area contributed by atoms with E-state index in [1.807, 2.05) is 44.9 Å². The van der Waals surface area contributed by atoms with Gasteiger partial charge in [-0.2, -0.15) is 0 Å². The first-order chi connectivity index (χ1) is 27.9. The number of carbonyl (C=O) groups excluding carboxylic acids is 4. The number of fused-ring (bicyclic) bond motifs is 3. The lowest BCUT2D eigenvalue weighted by Crippen LogP contribution is -2.52. The molecule has 2 aromatic heterocycles. The Morgan fingerprint density at radius 2 is 1.52 bits per heavy atom. The van der Waals surface area contributed by atoms with E-state index in [9.17, 15) is 19.2 Å². The highest BCUT2D eigenvalue weighted by atomic mass is 16.5. The molecule has 4 heterocycles. The summed E-state index contributed by atoms with van der Waals surface area (Å²) in [6.45, 7) is 8.65. The summed E-state index contributed by atoms with van der Waals surface area (Å²) in [7, 11) is 2.58. The largest absolute Gasteiger partial charge is 0.492 e. The molecule has 2 fully saturated rings. The van der Waals surface area contributed by atoms with Gasteiger partial charge in [0.25, 0.3) is 0 Å². The number of imidazole rings is 2. The molecule has 4 amide bonds. The van der Waals surface area contributed by atoms with Crippen molar-refractivity contribution >= 4 is 24.0 Å². The van der Waals surface area contributed by atoms with Gasteiger partial charge < -0.3 is 45.0 Å². The van der Waals surface area contributed by atoms with E-state index in [0.29, 0.717) is 19.6 Å². The second-order valence-corrected chi connectivity index (χ2v) is 16.1. The van der Waals surface area contributed by atoms with Gasteiger partial charge in [-0.3, -0.25) is 9.59 Å². The van der Waals surface area contributed by atoms with Crippen LogP contribution < -0.4 is 20.7 Å². The van der Waals surface area contributed by atoms with E-state index in [4.69, 9.17) is 24.2 Å². The maximum atomic E-state index is 13.7. The third-order valence-corrected chi connectivity index (χ3v) is 11.6. The molecule has 7 rings (SSSR count). The number of H-pyrrole nitrogens is 2. The zero-order chi connectivity index (χ0) is 41.1. The summed E-state index contributed by atoms with van der Waals surface area (Å²) in [5.74, 6) is 1.76. The summed E-state index contributed by atoms with van der Waals surface area (Å²) in [6.07, 6.45) is 5.52. The van der Waals surface area contributed by atoms with Gasteiger partial charge in [-0.1, -0.05) is 64.4 Å². The number of aromatic amines is 2. The molecule has 1 saturated carbocycles. The first-order valence-electron chi connectivity index (χ1n) is 20.3. The van der Waals surface area contributed by atoms with Crippen LogP contribution in [-0.2, 0) is 25.5 Å². The Morgan fingerprint density at radius 1 is 0.828 bits per heavy atom. The van der Waals surface area contributed by atoms with E-state index in [0.717, 1.165) is 88.8 Å². The van der Waals surface area contributed by atoms with Gasteiger partial charge in [0.2, 0.25) is 11.8 Å². The number of methoxy groups -OCH3 is 2. The highest BCUT2D eigenvalue weighted by molar-refractivity contribution is 5.87. The minimum atomic E-state index is -0.701.